The molecule has 0 saturated heterocycles. The third-order valence-electron chi connectivity index (χ3n) is 5.29. The highest BCUT2D eigenvalue weighted by Crippen LogP contribution is 2.06. The maximum atomic E-state index is 13.2. The van der Waals surface area contributed by atoms with E-state index in [1.807, 2.05) is 0 Å². The molecule has 0 fully saturated rings. The van der Waals surface area contributed by atoms with Gasteiger partial charge in [-0.3, -0.25) is 19.4 Å². The van der Waals surface area contributed by atoms with E-state index >= 15 is 0 Å². The van der Waals surface area contributed by atoms with E-state index in [4.69, 9.17) is 22.9 Å². The van der Waals surface area contributed by atoms with Crippen molar-refractivity contribution in [3.8, 4) is 0 Å². The van der Waals surface area contributed by atoms with Gasteiger partial charge in [-0.1, -0.05) is 0 Å². The number of nitrogens with one attached hydrogen (secondary N) is 4. The van der Waals surface area contributed by atoms with Gasteiger partial charge in [-0.2, -0.15) is 12.6 Å². The molecule has 0 aliphatic carbocycles. The SMILES string of the molecule is NCCCCC(NC(=O)C(CCCN=C(N)N)NC(=O)C(Cc1cnc[nH]1)NC(=O)C(N)CS)C(=O)O. The average molecular weight is 543 g/mol. The van der Waals surface area contributed by atoms with E-state index < -0.39 is 47.9 Å². The van der Waals surface area contributed by atoms with Crippen molar-refractivity contribution in [1.82, 2.24) is 25.9 Å². The van der Waals surface area contributed by atoms with Gasteiger partial charge in [-0.05, 0) is 38.6 Å². The fourth-order valence-corrected chi connectivity index (χ4v) is 3.42. The van der Waals surface area contributed by atoms with Crippen molar-refractivity contribution in [2.45, 2.75) is 62.7 Å². The van der Waals surface area contributed by atoms with Crippen molar-refractivity contribution in [3.63, 3.8) is 0 Å². The van der Waals surface area contributed by atoms with Crippen LogP contribution in [0.5, 0.6) is 0 Å². The van der Waals surface area contributed by atoms with Crippen molar-refractivity contribution in [3.05, 3.63) is 18.2 Å². The van der Waals surface area contributed by atoms with Crippen LogP contribution in [0.3, 0.4) is 0 Å². The number of thiol groups is 1. The molecule has 1 rings (SSSR count). The highest BCUT2D eigenvalue weighted by Gasteiger charge is 2.30. The molecule has 3 amide bonds. The van der Waals surface area contributed by atoms with Crippen LogP contribution in [0.2, 0.25) is 0 Å². The van der Waals surface area contributed by atoms with Crippen LogP contribution in [0.25, 0.3) is 0 Å². The number of H-pyrrole nitrogens is 1. The van der Waals surface area contributed by atoms with E-state index in [1.54, 1.807) is 0 Å². The Morgan fingerprint density at radius 3 is 2.19 bits per heavy atom. The molecular weight excluding hydrogens is 504 g/mol. The molecule has 0 aromatic carbocycles. The molecule has 0 bridgehead atoms. The molecule has 0 saturated carbocycles. The van der Waals surface area contributed by atoms with Gasteiger partial charge < -0.3 is 49.0 Å². The number of aliphatic carboxylic acids is 1. The van der Waals surface area contributed by atoms with E-state index in [-0.39, 0.29) is 37.5 Å². The molecule has 0 aliphatic rings. The number of nitrogens with two attached hydrogens (primary N) is 4. The number of carboxylic acid groups (broad SMARTS) is 1. The molecule has 1 aromatic rings. The van der Waals surface area contributed by atoms with Crippen molar-refractivity contribution < 1.29 is 24.3 Å². The topological polar surface area (TPSA) is 270 Å². The fourth-order valence-electron chi connectivity index (χ4n) is 3.25. The second kappa shape index (κ2) is 17.1. The fraction of sp³-hybridized carbons (Fsp3) is 0.619. The molecule has 0 aliphatic heterocycles. The monoisotopic (exact) mass is 542 g/mol. The van der Waals surface area contributed by atoms with Crippen LogP contribution in [-0.4, -0.2) is 87.7 Å². The summed E-state index contributed by atoms with van der Waals surface area (Å²) >= 11 is 4.00. The van der Waals surface area contributed by atoms with Gasteiger partial charge in [0.05, 0.1) is 12.4 Å². The van der Waals surface area contributed by atoms with Gasteiger partial charge in [-0.25, -0.2) is 9.78 Å². The summed E-state index contributed by atoms with van der Waals surface area (Å²) in [7, 11) is 0. The van der Waals surface area contributed by atoms with Gasteiger partial charge >= 0.3 is 5.97 Å². The van der Waals surface area contributed by atoms with Crippen molar-refractivity contribution in [1.29, 1.82) is 0 Å². The summed E-state index contributed by atoms with van der Waals surface area (Å²) in [6, 6.07) is -4.35. The van der Waals surface area contributed by atoms with Gasteiger partial charge in [0.15, 0.2) is 5.96 Å². The molecule has 1 aromatic heterocycles. The number of nitrogens with zero attached hydrogens (tertiary/aromatic N) is 2. The summed E-state index contributed by atoms with van der Waals surface area (Å²) in [4.78, 5) is 60.9. The molecule has 15 nitrogen and oxygen atoms in total. The first-order valence-corrected chi connectivity index (χ1v) is 12.4. The summed E-state index contributed by atoms with van der Waals surface area (Å²) < 4.78 is 0. The van der Waals surface area contributed by atoms with E-state index in [0.717, 1.165) is 0 Å². The average Bonchev–Trinajstić information content (AvgIpc) is 3.37. The third kappa shape index (κ3) is 12.4. The molecule has 0 spiro atoms. The van der Waals surface area contributed by atoms with Crippen LogP contribution in [0.4, 0.5) is 0 Å². The Morgan fingerprint density at radius 2 is 1.62 bits per heavy atom. The number of hydrogen-bond acceptors (Lipinski definition) is 9. The van der Waals surface area contributed by atoms with Gasteiger partial charge in [0.25, 0.3) is 0 Å². The lowest BCUT2D eigenvalue weighted by Crippen LogP contribution is -2.57. The van der Waals surface area contributed by atoms with Crippen LogP contribution >= 0.6 is 12.6 Å². The van der Waals surface area contributed by atoms with Gasteiger partial charge in [0.2, 0.25) is 17.7 Å². The Labute approximate surface area is 220 Å². The first-order valence-electron chi connectivity index (χ1n) is 11.8. The van der Waals surface area contributed by atoms with Gasteiger partial charge in [0, 0.05) is 30.6 Å². The molecule has 13 N–H and O–H groups in total. The number of carboxylic acids is 1. The molecule has 4 atom stereocenters. The number of amides is 3. The van der Waals surface area contributed by atoms with Crippen LogP contribution in [0, 0.1) is 0 Å². The highest BCUT2D eigenvalue weighted by atomic mass is 32.1. The van der Waals surface area contributed by atoms with Crippen molar-refractivity contribution in [2.75, 3.05) is 18.8 Å². The van der Waals surface area contributed by atoms with Crippen molar-refractivity contribution >= 4 is 42.3 Å². The largest absolute Gasteiger partial charge is 0.480 e. The number of hydrogen-bond donors (Lipinski definition) is 10. The smallest absolute Gasteiger partial charge is 0.326 e. The molecule has 208 valence electrons. The third-order valence-corrected chi connectivity index (χ3v) is 5.68. The second-order valence-electron chi connectivity index (χ2n) is 8.33. The number of carbonyl (C=O) groups is 4. The molecule has 1 heterocycles. The lowest BCUT2D eigenvalue weighted by molar-refractivity contribution is -0.142. The Kier molecular flexibility index (Phi) is 14.7. The molecular formula is C21H38N10O5S. The number of rotatable bonds is 18. The second-order valence-corrected chi connectivity index (χ2v) is 8.69. The number of imidazole rings is 1. The summed E-state index contributed by atoms with van der Waals surface area (Å²) in [5.74, 6) is -3.25. The van der Waals surface area contributed by atoms with E-state index in [1.165, 1.54) is 12.5 Å². The number of aliphatic imine (C=N–C) groups is 1. The molecule has 37 heavy (non-hydrogen) atoms. The standard InChI is InChI=1S/C21H38N10O5S/c22-6-2-1-4-15(20(35)36)30-18(33)14(5-3-7-27-21(24)25)29-19(34)16(8-12-9-26-11-28-12)31-17(32)13(23)10-37/h9,11,13-16,37H,1-8,10,22-23H2,(H,26,28)(H,29,34)(H,30,33)(H,31,32)(H,35,36)(H4,24,25,27). The minimum atomic E-state index is -1.21. The summed E-state index contributed by atoms with van der Waals surface area (Å²) in [5.41, 5.74) is 22.4. The molecule has 16 heteroatoms. The lowest BCUT2D eigenvalue weighted by atomic mass is 10.1. The van der Waals surface area contributed by atoms with Gasteiger partial charge in [0.1, 0.15) is 18.1 Å². The minimum absolute atomic E-state index is 0.0377. The lowest BCUT2D eigenvalue weighted by Gasteiger charge is -2.25. The maximum absolute atomic E-state index is 13.2. The zero-order valence-electron chi connectivity index (χ0n) is 20.6. The summed E-state index contributed by atoms with van der Waals surface area (Å²) in [6.45, 7) is 0.579. The number of carbonyl (C=O) groups excluding carboxylic acids is 3. The number of aromatic amines is 1. The van der Waals surface area contributed by atoms with Crippen LogP contribution in [0.15, 0.2) is 17.5 Å². The highest BCUT2D eigenvalue weighted by molar-refractivity contribution is 7.80. The molecule has 4 unspecified atom stereocenters. The predicted molar refractivity (Wildman–Crippen MR) is 140 cm³/mol. The van der Waals surface area contributed by atoms with Crippen molar-refractivity contribution in [2.24, 2.45) is 27.9 Å². The first kappa shape index (κ1) is 31.7. The molecule has 0 radical (unpaired) electrons. The Bertz CT molecular complexity index is 894. The number of unbranched alkanes of at least 4 members (excludes halogenated alkanes) is 1. The Hall–Kier alpha value is -3.37. The number of aromatic nitrogens is 2. The predicted octanol–water partition coefficient (Wildman–Crippen LogP) is -3.07. The summed E-state index contributed by atoms with van der Waals surface area (Å²) in [5, 5.41) is 17.2. The zero-order valence-corrected chi connectivity index (χ0v) is 21.5. The zero-order chi connectivity index (χ0) is 27.8. The van der Waals surface area contributed by atoms with Crippen LogP contribution < -0.4 is 38.9 Å². The Morgan fingerprint density at radius 1 is 1.00 bits per heavy atom. The minimum Gasteiger partial charge on any atom is -0.480 e. The quantitative estimate of drug-likeness (QED) is 0.0387. The summed E-state index contributed by atoms with van der Waals surface area (Å²) in [6.07, 6.45) is 4.63. The maximum Gasteiger partial charge on any atom is 0.326 e. The normalized spacial score (nSPS) is 14.0. The van der Waals surface area contributed by atoms with Gasteiger partial charge in [-0.15, -0.1) is 0 Å². The van der Waals surface area contributed by atoms with Crippen LogP contribution in [0.1, 0.15) is 37.8 Å². The number of guanidine groups is 1. The Balaban J connectivity index is 3.05. The van der Waals surface area contributed by atoms with E-state index in [2.05, 4.69) is 43.5 Å². The van der Waals surface area contributed by atoms with Crippen LogP contribution in [-0.2, 0) is 25.6 Å². The first-order chi connectivity index (χ1) is 17.6. The van der Waals surface area contributed by atoms with E-state index in [0.29, 0.717) is 31.5 Å². The van der Waals surface area contributed by atoms with E-state index in [9.17, 15) is 24.3 Å².